The molecule has 3 aromatic carbocycles. The molecule has 1 aliphatic carbocycles. The van der Waals surface area contributed by atoms with Gasteiger partial charge in [-0.15, -0.1) is 10.2 Å². The third kappa shape index (κ3) is 3.24. The van der Waals surface area contributed by atoms with Crippen molar-refractivity contribution >= 4 is 44.2 Å². The summed E-state index contributed by atoms with van der Waals surface area (Å²) < 4.78 is 30.5. The molecule has 152 valence electrons. The molecule has 3 N–H and O–H groups in total. The van der Waals surface area contributed by atoms with Gasteiger partial charge in [0.15, 0.2) is 0 Å². The van der Waals surface area contributed by atoms with Crippen molar-refractivity contribution in [3.05, 3.63) is 83.1 Å². The number of benzene rings is 3. The molecule has 0 spiro atoms. The zero-order chi connectivity index (χ0) is 20.9. The minimum Gasteiger partial charge on any atom is -0.336 e. The number of rotatable bonds is 5. The van der Waals surface area contributed by atoms with E-state index < -0.39 is 16.1 Å². The second-order valence-corrected chi connectivity index (χ2v) is 10.2. The van der Waals surface area contributed by atoms with Gasteiger partial charge in [-0.05, 0) is 46.2 Å². The van der Waals surface area contributed by atoms with Crippen LogP contribution in [-0.4, -0.2) is 23.3 Å². The second-order valence-electron chi connectivity index (χ2n) is 6.90. The van der Waals surface area contributed by atoms with E-state index in [-0.39, 0.29) is 10.1 Å². The number of aromatic nitrogens is 3. The number of sulfonamides is 1. The van der Waals surface area contributed by atoms with Crippen LogP contribution in [-0.2, 0) is 10.0 Å². The first-order valence-corrected chi connectivity index (χ1v) is 11.8. The van der Waals surface area contributed by atoms with E-state index in [0.717, 1.165) is 21.9 Å². The van der Waals surface area contributed by atoms with Crippen LogP contribution in [0.1, 0.15) is 22.4 Å². The van der Waals surface area contributed by atoms with Gasteiger partial charge >= 0.3 is 0 Å². The molecule has 10 heteroatoms. The molecule has 0 fully saturated rings. The van der Waals surface area contributed by atoms with Gasteiger partial charge < -0.3 is 5.84 Å². The van der Waals surface area contributed by atoms with Crippen molar-refractivity contribution in [3.63, 3.8) is 0 Å². The highest BCUT2D eigenvalue weighted by molar-refractivity contribution is 7.99. The van der Waals surface area contributed by atoms with Gasteiger partial charge in [0.2, 0.25) is 15.2 Å². The smallest absolute Gasteiger partial charge is 0.241 e. The van der Waals surface area contributed by atoms with Crippen molar-refractivity contribution < 1.29 is 8.42 Å². The minimum absolute atomic E-state index is 0.153. The fourth-order valence-corrected chi connectivity index (χ4v) is 6.38. The number of halogens is 1. The fraction of sp³-hybridized carbons (Fsp3) is 0.100. The molecule has 0 saturated heterocycles. The van der Waals surface area contributed by atoms with Crippen molar-refractivity contribution in [2.45, 2.75) is 21.3 Å². The number of hydrogen-bond acceptors (Lipinski definition) is 6. The Kier molecular flexibility index (Phi) is 4.70. The zero-order valence-electron chi connectivity index (χ0n) is 15.4. The average molecular weight is 458 g/mol. The lowest BCUT2D eigenvalue weighted by Gasteiger charge is -2.22. The standard InChI is InChI=1S/C20H16ClN5O2S2/c21-13-7-9-14(10-8-13)30(27,28)25-18-15-5-1-3-12-4-2-6-16(17(12)15)19(18)29-20-24-23-11-26(20)22/h1-11,18-19,25H,22H2/t18-,19-/m0/s1. The third-order valence-electron chi connectivity index (χ3n) is 5.09. The van der Waals surface area contributed by atoms with Gasteiger partial charge in [-0.2, -0.15) is 0 Å². The van der Waals surface area contributed by atoms with Crippen LogP contribution in [0.15, 0.2) is 77.0 Å². The van der Waals surface area contributed by atoms with Crippen LogP contribution in [0, 0.1) is 0 Å². The summed E-state index contributed by atoms with van der Waals surface area (Å²) in [6.07, 6.45) is 1.41. The maximum Gasteiger partial charge on any atom is 0.241 e. The Hall–Kier alpha value is -2.59. The molecule has 0 bridgehead atoms. The zero-order valence-corrected chi connectivity index (χ0v) is 17.8. The third-order valence-corrected chi connectivity index (χ3v) is 8.08. The number of nitrogens with one attached hydrogen (secondary N) is 1. The first-order chi connectivity index (χ1) is 14.4. The molecule has 0 aliphatic heterocycles. The van der Waals surface area contributed by atoms with Gasteiger partial charge in [0, 0.05) is 5.02 Å². The van der Waals surface area contributed by atoms with Gasteiger partial charge in [0.1, 0.15) is 6.33 Å². The Bertz CT molecular complexity index is 1350. The lowest BCUT2D eigenvalue weighted by atomic mass is 10.1. The van der Waals surface area contributed by atoms with Crippen molar-refractivity contribution in [3.8, 4) is 0 Å². The topological polar surface area (TPSA) is 103 Å². The summed E-state index contributed by atoms with van der Waals surface area (Å²) in [5, 5.41) is 10.7. The van der Waals surface area contributed by atoms with E-state index in [1.165, 1.54) is 34.9 Å². The predicted molar refractivity (Wildman–Crippen MR) is 117 cm³/mol. The largest absolute Gasteiger partial charge is 0.336 e. The summed E-state index contributed by atoms with van der Waals surface area (Å²) in [7, 11) is -3.79. The Morgan fingerprint density at radius 1 is 1.03 bits per heavy atom. The molecule has 1 heterocycles. The Labute approximate surface area is 182 Å². The van der Waals surface area contributed by atoms with Crippen LogP contribution in [0.3, 0.4) is 0 Å². The monoisotopic (exact) mass is 457 g/mol. The van der Waals surface area contributed by atoms with Crippen LogP contribution in [0.2, 0.25) is 5.02 Å². The summed E-state index contributed by atoms with van der Waals surface area (Å²) in [4.78, 5) is 0.153. The highest BCUT2D eigenvalue weighted by Gasteiger charge is 2.38. The first kappa shape index (κ1) is 19.4. The molecule has 0 amide bonds. The van der Waals surface area contributed by atoms with E-state index in [1.807, 2.05) is 36.4 Å². The number of nitrogen functional groups attached to an aromatic ring is 1. The summed E-state index contributed by atoms with van der Waals surface area (Å²) in [5.41, 5.74) is 1.95. The molecule has 2 atom stereocenters. The normalized spacial score (nSPS) is 18.2. The van der Waals surface area contributed by atoms with E-state index in [2.05, 4.69) is 14.9 Å². The van der Waals surface area contributed by atoms with E-state index in [1.54, 1.807) is 12.1 Å². The van der Waals surface area contributed by atoms with Crippen LogP contribution in [0.4, 0.5) is 0 Å². The van der Waals surface area contributed by atoms with Crippen molar-refractivity contribution in [2.24, 2.45) is 0 Å². The van der Waals surface area contributed by atoms with Crippen LogP contribution < -0.4 is 10.6 Å². The predicted octanol–water partition coefficient (Wildman–Crippen LogP) is 3.67. The number of nitrogens with two attached hydrogens (primary N) is 1. The van der Waals surface area contributed by atoms with Crippen LogP contribution in [0.25, 0.3) is 10.8 Å². The highest BCUT2D eigenvalue weighted by atomic mass is 35.5. The molecule has 7 nitrogen and oxygen atoms in total. The highest BCUT2D eigenvalue weighted by Crippen LogP contribution is 2.52. The van der Waals surface area contributed by atoms with Gasteiger partial charge in [-0.3, -0.25) is 0 Å². The molecule has 0 unspecified atom stereocenters. The number of hydrogen-bond donors (Lipinski definition) is 2. The average Bonchev–Trinajstić information content (AvgIpc) is 3.26. The van der Waals surface area contributed by atoms with Crippen LogP contribution >= 0.6 is 23.4 Å². The molecule has 0 radical (unpaired) electrons. The first-order valence-electron chi connectivity index (χ1n) is 9.05. The molecule has 30 heavy (non-hydrogen) atoms. The Morgan fingerprint density at radius 2 is 1.73 bits per heavy atom. The molecular formula is C20H16ClN5O2S2. The lowest BCUT2D eigenvalue weighted by molar-refractivity contribution is 0.557. The summed E-state index contributed by atoms with van der Waals surface area (Å²) in [6.45, 7) is 0. The summed E-state index contributed by atoms with van der Waals surface area (Å²) in [6, 6.07) is 17.5. The molecule has 1 aliphatic rings. The summed E-state index contributed by atoms with van der Waals surface area (Å²) in [5.74, 6) is 5.92. The summed E-state index contributed by atoms with van der Waals surface area (Å²) >= 11 is 7.30. The van der Waals surface area contributed by atoms with Gasteiger partial charge in [-0.1, -0.05) is 59.8 Å². The minimum atomic E-state index is -3.79. The van der Waals surface area contributed by atoms with E-state index in [4.69, 9.17) is 17.4 Å². The van der Waals surface area contributed by atoms with Crippen molar-refractivity contribution in [1.82, 2.24) is 19.6 Å². The molecular weight excluding hydrogens is 442 g/mol. The fourth-order valence-electron chi connectivity index (χ4n) is 3.77. The number of thioether (sulfide) groups is 1. The van der Waals surface area contributed by atoms with Gasteiger partial charge in [0.05, 0.1) is 16.2 Å². The van der Waals surface area contributed by atoms with E-state index >= 15 is 0 Å². The molecule has 4 aromatic rings. The van der Waals surface area contributed by atoms with Crippen LogP contribution in [0.5, 0.6) is 0 Å². The molecule has 5 rings (SSSR count). The quantitative estimate of drug-likeness (QED) is 0.443. The van der Waals surface area contributed by atoms with E-state index in [0.29, 0.717) is 10.2 Å². The van der Waals surface area contributed by atoms with Gasteiger partial charge in [-0.25, -0.2) is 17.8 Å². The SMILES string of the molecule is Nn1cnnc1S[C@H]1c2cccc3cccc(c23)[C@@H]1NS(=O)(=O)c1ccc(Cl)cc1. The Balaban J connectivity index is 1.60. The Morgan fingerprint density at radius 3 is 2.40 bits per heavy atom. The maximum atomic E-state index is 13.2. The van der Waals surface area contributed by atoms with Crippen molar-refractivity contribution in [2.75, 3.05) is 5.84 Å². The molecule has 1 aromatic heterocycles. The maximum absolute atomic E-state index is 13.2. The van der Waals surface area contributed by atoms with Crippen molar-refractivity contribution in [1.29, 1.82) is 0 Å². The molecule has 0 saturated carbocycles. The second kappa shape index (κ2) is 7.28. The lowest BCUT2D eigenvalue weighted by Crippen LogP contribution is -2.30. The van der Waals surface area contributed by atoms with E-state index in [9.17, 15) is 8.42 Å². The van der Waals surface area contributed by atoms with Gasteiger partial charge in [0.25, 0.3) is 0 Å². The number of nitrogens with zero attached hydrogens (tertiary/aromatic N) is 3.